The third-order valence-electron chi connectivity index (χ3n) is 4.33. The van der Waals surface area contributed by atoms with Crippen LogP contribution in [0.3, 0.4) is 0 Å². The molecule has 0 saturated carbocycles. The first-order valence-corrected chi connectivity index (χ1v) is 8.48. The van der Waals surface area contributed by atoms with Gasteiger partial charge < -0.3 is 16.0 Å². The fourth-order valence-electron chi connectivity index (χ4n) is 3.06. The first-order chi connectivity index (χ1) is 12.0. The Hall–Kier alpha value is -2.38. The van der Waals surface area contributed by atoms with Gasteiger partial charge in [-0.2, -0.15) is 5.10 Å². The lowest BCUT2D eigenvalue weighted by Crippen LogP contribution is -2.52. The van der Waals surface area contributed by atoms with Crippen molar-refractivity contribution >= 4 is 34.8 Å². The van der Waals surface area contributed by atoms with Crippen LogP contribution < -0.4 is 16.0 Å². The maximum absolute atomic E-state index is 13.1. The van der Waals surface area contributed by atoms with Crippen LogP contribution in [0.1, 0.15) is 19.8 Å². The molecule has 0 spiro atoms. The minimum absolute atomic E-state index is 0.131. The summed E-state index contributed by atoms with van der Waals surface area (Å²) < 4.78 is 1.73. The maximum atomic E-state index is 13.1. The van der Waals surface area contributed by atoms with E-state index >= 15 is 0 Å². The van der Waals surface area contributed by atoms with Crippen molar-refractivity contribution in [3.8, 4) is 0 Å². The lowest BCUT2D eigenvalue weighted by atomic mass is 9.87. The molecule has 3 N–H and O–H groups in total. The molecule has 132 valence electrons. The SMILES string of the molecule is CC(=O)Nc1cc(NC(=O)C2(n3cccn3)CCNCC2)ccc1Cl. The van der Waals surface area contributed by atoms with Crippen molar-refractivity contribution < 1.29 is 9.59 Å². The van der Waals surface area contributed by atoms with Gasteiger partial charge in [0.1, 0.15) is 5.54 Å². The minimum Gasteiger partial charge on any atom is -0.325 e. The molecule has 1 aliphatic rings. The molecule has 0 unspecified atom stereocenters. The Kier molecular flexibility index (Phi) is 5.06. The third-order valence-corrected chi connectivity index (χ3v) is 4.66. The smallest absolute Gasteiger partial charge is 0.252 e. The molecular formula is C17H20ClN5O2. The zero-order chi connectivity index (χ0) is 17.9. The molecule has 3 rings (SSSR count). The molecule has 25 heavy (non-hydrogen) atoms. The number of hydrogen-bond donors (Lipinski definition) is 3. The number of aromatic nitrogens is 2. The van der Waals surface area contributed by atoms with E-state index in [1.807, 2.05) is 12.3 Å². The van der Waals surface area contributed by atoms with E-state index in [0.29, 0.717) is 29.2 Å². The van der Waals surface area contributed by atoms with Crippen molar-refractivity contribution in [3.63, 3.8) is 0 Å². The zero-order valence-electron chi connectivity index (χ0n) is 13.9. The molecule has 2 aromatic rings. The number of carbonyl (C=O) groups is 2. The minimum atomic E-state index is -0.734. The summed E-state index contributed by atoms with van der Waals surface area (Å²) in [6.07, 6.45) is 4.78. The monoisotopic (exact) mass is 361 g/mol. The molecule has 0 bridgehead atoms. The van der Waals surface area contributed by atoms with E-state index < -0.39 is 5.54 Å². The van der Waals surface area contributed by atoms with Gasteiger partial charge >= 0.3 is 0 Å². The van der Waals surface area contributed by atoms with Crippen LogP contribution in [0.15, 0.2) is 36.7 Å². The Bertz CT molecular complexity index is 769. The van der Waals surface area contributed by atoms with E-state index in [1.54, 1.807) is 29.1 Å². The lowest BCUT2D eigenvalue weighted by molar-refractivity contribution is -0.126. The molecule has 7 nitrogen and oxygen atoms in total. The molecule has 0 aliphatic carbocycles. The molecule has 1 aliphatic heterocycles. The largest absolute Gasteiger partial charge is 0.325 e. The zero-order valence-corrected chi connectivity index (χ0v) is 14.6. The van der Waals surface area contributed by atoms with Gasteiger partial charge in [0, 0.05) is 25.0 Å². The van der Waals surface area contributed by atoms with Gasteiger partial charge in [-0.1, -0.05) is 11.6 Å². The Balaban J connectivity index is 1.86. The van der Waals surface area contributed by atoms with Crippen LogP contribution in [0, 0.1) is 0 Å². The molecule has 1 fully saturated rings. The van der Waals surface area contributed by atoms with E-state index in [0.717, 1.165) is 13.1 Å². The van der Waals surface area contributed by atoms with Crippen LogP contribution in [0.5, 0.6) is 0 Å². The number of hydrogen-bond acceptors (Lipinski definition) is 4. The van der Waals surface area contributed by atoms with Crippen molar-refractivity contribution in [2.75, 3.05) is 23.7 Å². The molecule has 2 heterocycles. The topological polar surface area (TPSA) is 88.1 Å². The Morgan fingerprint density at radius 1 is 1.28 bits per heavy atom. The summed E-state index contributed by atoms with van der Waals surface area (Å²) in [5.74, 6) is -0.356. The first kappa shape index (κ1) is 17.4. The fourth-order valence-corrected chi connectivity index (χ4v) is 3.22. The number of nitrogens with zero attached hydrogens (tertiary/aromatic N) is 2. The highest BCUT2D eigenvalue weighted by molar-refractivity contribution is 6.33. The van der Waals surface area contributed by atoms with Gasteiger partial charge in [0.2, 0.25) is 5.91 Å². The highest BCUT2D eigenvalue weighted by atomic mass is 35.5. The van der Waals surface area contributed by atoms with Crippen molar-refractivity contribution in [2.24, 2.45) is 0 Å². The van der Waals surface area contributed by atoms with Gasteiger partial charge in [0.05, 0.1) is 10.7 Å². The number of amides is 2. The molecule has 8 heteroatoms. The van der Waals surface area contributed by atoms with Gasteiger partial charge in [0.25, 0.3) is 5.91 Å². The van der Waals surface area contributed by atoms with Crippen molar-refractivity contribution in [1.29, 1.82) is 0 Å². The number of nitrogens with one attached hydrogen (secondary N) is 3. The number of rotatable bonds is 4. The number of halogens is 1. The van der Waals surface area contributed by atoms with Crippen molar-refractivity contribution in [1.82, 2.24) is 15.1 Å². The highest BCUT2D eigenvalue weighted by Crippen LogP contribution is 2.30. The molecule has 0 atom stereocenters. The number of anilines is 2. The van der Waals surface area contributed by atoms with E-state index in [-0.39, 0.29) is 11.8 Å². The van der Waals surface area contributed by atoms with Gasteiger partial charge in [0.15, 0.2) is 0 Å². The van der Waals surface area contributed by atoms with Crippen LogP contribution in [-0.2, 0) is 15.1 Å². The number of piperidine rings is 1. The summed E-state index contributed by atoms with van der Waals surface area (Å²) in [4.78, 5) is 24.4. The second-order valence-electron chi connectivity index (χ2n) is 6.06. The molecule has 0 radical (unpaired) electrons. The maximum Gasteiger partial charge on any atom is 0.252 e. The van der Waals surface area contributed by atoms with Crippen LogP contribution >= 0.6 is 11.6 Å². The summed E-state index contributed by atoms with van der Waals surface area (Å²) in [6.45, 7) is 2.89. The van der Waals surface area contributed by atoms with Gasteiger partial charge in [-0.15, -0.1) is 0 Å². The third kappa shape index (κ3) is 3.67. The second kappa shape index (κ2) is 7.25. The summed E-state index contributed by atoms with van der Waals surface area (Å²) >= 11 is 6.08. The quantitative estimate of drug-likeness (QED) is 0.779. The normalized spacial score (nSPS) is 16.2. The van der Waals surface area contributed by atoms with Crippen molar-refractivity contribution in [2.45, 2.75) is 25.3 Å². The van der Waals surface area contributed by atoms with E-state index in [1.165, 1.54) is 6.92 Å². The van der Waals surface area contributed by atoms with Crippen LogP contribution in [0.2, 0.25) is 5.02 Å². The van der Waals surface area contributed by atoms with Crippen LogP contribution in [0.4, 0.5) is 11.4 Å². The Morgan fingerprint density at radius 3 is 2.68 bits per heavy atom. The Morgan fingerprint density at radius 2 is 2.04 bits per heavy atom. The molecule has 1 saturated heterocycles. The summed E-state index contributed by atoms with van der Waals surface area (Å²) in [6, 6.07) is 6.82. The number of benzene rings is 1. The van der Waals surface area contributed by atoms with Gasteiger partial charge in [-0.05, 0) is 50.2 Å². The molecular weight excluding hydrogens is 342 g/mol. The standard InChI is InChI=1S/C17H20ClN5O2/c1-12(24)21-15-11-13(3-4-14(15)18)22-16(25)17(5-8-19-9-6-17)23-10-2-7-20-23/h2-4,7,10-11,19H,5-6,8-9H2,1H3,(H,21,24)(H,22,25). The summed E-state index contributed by atoms with van der Waals surface area (Å²) in [5.41, 5.74) is 0.302. The fraction of sp³-hybridized carbons (Fsp3) is 0.353. The Labute approximate surface area is 150 Å². The van der Waals surface area contributed by atoms with Crippen molar-refractivity contribution in [3.05, 3.63) is 41.7 Å². The lowest BCUT2D eigenvalue weighted by Gasteiger charge is -2.36. The second-order valence-corrected chi connectivity index (χ2v) is 6.47. The van der Waals surface area contributed by atoms with E-state index in [2.05, 4.69) is 21.0 Å². The molecule has 1 aromatic carbocycles. The van der Waals surface area contributed by atoms with E-state index in [9.17, 15) is 9.59 Å². The van der Waals surface area contributed by atoms with Crippen LogP contribution in [0.25, 0.3) is 0 Å². The highest BCUT2D eigenvalue weighted by Gasteiger charge is 2.42. The first-order valence-electron chi connectivity index (χ1n) is 8.11. The van der Waals surface area contributed by atoms with Gasteiger partial charge in [-0.3, -0.25) is 14.3 Å². The molecule has 1 aromatic heterocycles. The van der Waals surface area contributed by atoms with E-state index in [4.69, 9.17) is 11.6 Å². The predicted octanol–water partition coefficient (Wildman–Crippen LogP) is 2.21. The van der Waals surface area contributed by atoms with Crippen LogP contribution in [-0.4, -0.2) is 34.7 Å². The summed E-state index contributed by atoms with van der Waals surface area (Å²) in [7, 11) is 0. The average Bonchev–Trinajstić information content (AvgIpc) is 3.13. The average molecular weight is 362 g/mol. The predicted molar refractivity (Wildman–Crippen MR) is 96.7 cm³/mol. The summed E-state index contributed by atoms with van der Waals surface area (Å²) in [5, 5.41) is 13.6. The molecule has 2 amide bonds. The van der Waals surface area contributed by atoms with Gasteiger partial charge in [-0.25, -0.2) is 0 Å². The number of carbonyl (C=O) groups excluding carboxylic acids is 2.